The molecule has 27 heavy (non-hydrogen) atoms. The number of amides is 1. The summed E-state index contributed by atoms with van der Waals surface area (Å²) >= 11 is 0. The number of nitrogens with zero attached hydrogens (tertiary/aromatic N) is 3. The Morgan fingerprint density at radius 2 is 2.04 bits per heavy atom. The molecule has 4 rings (SSSR count). The van der Waals surface area contributed by atoms with Crippen LogP contribution in [0, 0.1) is 0 Å². The zero-order chi connectivity index (χ0) is 18.6. The zero-order valence-electron chi connectivity index (χ0n) is 16.1. The van der Waals surface area contributed by atoms with Crippen LogP contribution in [-0.4, -0.2) is 79.5 Å². The molecule has 0 radical (unpaired) electrons. The van der Waals surface area contributed by atoms with Gasteiger partial charge in [0.2, 0.25) is 6.79 Å². The molecule has 0 spiro atoms. The van der Waals surface area contributed by atoms with Crippen LogP contribution < -0.4 is 9.47 Å². The van der Waals surface area contributed by atoms with Crippen molar-refractivity contribution >= 4 is 6.09 Å². The van der Waals surface area contributed by atoms with Crippen LogP contribution in [0.3, 0.4) is 0 Å². The SMILES string of the molecule is CCOC(=O)N1CCN(C2CCCN(Cc3cccc4c3OCO4)C2)CC1. The average molecular weight is 375 g/mol. The molecule has 0 aromatic heterocycles. The molecule has 1 amide bonds. The summed E-state index contributed by atoms with van der Waals surface area (Å²) in [6.07, 6.45) is 2.25. The highest BCUT2D eigenvalue weighted by atomic mass is 16.7. The lowest BCUT2D eigenvalue weighted by atomic mass is 10.0. The number of para-hydroxylation sites is 1. The van der Waals surface area contributed by atoms with Crippen molar-refractivity contribution in [2.24, 2.45) is 0 Å². The van der Waals surface area contributed by atoms with E-state index in [9.17, 15) is 4.79 Å². The summed E-state index contributed by atoms with van der Waals surface area (Å²) in [7, 11) is 0. The molecule has 3 aliphatic rings. The molecular weight excluding hydrogens is 346 g/mol. The molecule has 0 aliphatic carbocycles. The first-order valence-electron chi connectivity index (χ1n) is 10.00. The Morgan fingerprint density at radius 3 is 2.85 bits per heavy atom. The fraction of sp³-hybridized carbons (Fsp3) is 0.650. The lowest BCUT2D eigenvalue weighted by molar-refractivity contribution is 0.0411. The summed E-state index contributed by atoms with van der Waals surface area (Å²) in [6, 6.07) is 6.69. The van der Waals surface area contributed by atoms with Crippen molar-refractivity contribution < 1.29 is 19.0 Å². The average Bonchev–Trinajstić information content (AvgIpc) is 3.18. The quantitative estimate of drug-likeness (QED) is 0.804. The summed E-state index contributed by atoms with van der Waals surface area (Å²) in [4.78, 5) is 18.8. The fourth-order valence-electron chi connectivity index (χ4n) is 4.31. The third-order valence-corrected chi connectivity index (χ3v) is 5.71. The molecule has 0 N–H and O–H groups in total. The van der Waals surface area contributed by atoms with E-state index < -0.39 is 0 Å². The summed E-state index contributed by atoms with van der Waals surface area (Å²) in [5.41, 5.74) is 1.21. The van der Waals surface area contributed by atoms with Crippen molar-refractivity contribution in [1.29, 1.82) is 0 Å². The van der Waals surface area contributed by atoms with Gasteiger partial charge in [-0.25, -0.2) is 4.79 Å². The Bertz CT molecular complexity index is 661. The van der Waals surface area contributed by atoms with Crippen LogP contribution >= 0.6 is 0 Å². The van der Waals surface area contributed by atoms with Crippen LogP contribution in [0.25, 0.3) is 0 Å². The molecule has 7 heteroatoms. The number of rotatable bonds is 4. The predicted octanol–water partition coefficient (Wildman–Crippen LogP) is 2.15. The lowest BCUT2D eigenvalue weighted by Gasteiger charge is -2.43. The smallest absolute Gasteiger partial charge is 0.409 e. The molecule has 0 saturated carbocycles. The van der Waals surface area contributed by atoms with Crippen molar-refractivity contribution in [3.05, 3.63) is 23.8 Å². The van der Waals surface area contributed by atoms with Gasteiger partial charge in [0.1, 0.15) is 0 Å². The molecule has 1 aromatic carbocycles. The molecule has 3 aliphatic heterocycles. The van der Waals surface area contributed by atoms with E-state index >= 15 is 0 Å². The molecular formula is C20H29N3O4. The van der Waals surface area contributed by atoms with Crippen LogP contribution in [0.1, 0.15) is 25.3 Å². The van der Waals surface area contributed by atoms with Gasteiger partial charge in [0.25, 0.3) is 0 Å². The van der Waals surface area contributed by atoms with Crippen molar-refractivity contribution in [2.45, 2.75) is 32.4 Å². The van der Waals surface area contributed by atoms with E-state index in [4.69, 9.17) is 14.2 Å². The largest absolute Gasteiger partial charge is 0.454 e. The fourth-order valence-corrected chi connectivity index (χ4v) is 4.31. The minimum Gasteiger partial charge on any atom is -0.454 e. The highest BCUT2D eigenvalue weighted by molar-refractivity contribution is 5.67. The molecule has 1 unspecified atom stereocenters. The molecule has 0 bridgehead atoms. The highest BCUT2D eigenvalue weighted by Crippen LogP contribution is 2.36. The van der Waals surface area contributed by atoms with Gasteiger partial charge in [0.05, 0.1) is 6.61 Å². The topological polar surface area (TPSA) is 54.5 Å². The number of benzene rings is 1. The van der Waals surface area contributed by atoms with E-state index in [0.29, 0.717) is 19.4 Å². The Kier molecular flexibility index (Phi) is 5.69. The Labute approximate surface area is 160 Å². The van der Waals surface area contributed by atoms with Gasteiger partial charge in [-0.15, -0.1) is 0 Å². The van der Waals surface area contributed by atoms with E-state index in [1.807, 2.05) is 24.0 Å². The first-order valence-corrected chi connectivity index (χ1v) is 10.00. The van der Waals surface area contributed by atoms with Crippen LogP contribution in [0.15, 0.2) is 18.2 Å². The van der Waals surface area contributed by atoms with Crippen LogP contribution in [0.5, 0.6) is 11.5 Å². The van der Waals surface area contributed by atoms with Gasteiger partial charge >= 0.3 is 6.09 Å². The van der Waals surface area contributed by atoms with E-state index in [1.165, 1.54) is 18.4 Å². The number of hydrogen-bond donors (Lipinski definition) is 0. The second-order valence-corrected chi connectivity index (χ2v) is 7.40. The summed E-state index contributed by atoms with van der Waals surface area (Å²) in [6.45, 7) is 9.04. The number of fused-ring (bicyclic) bond motifs is 1. The molecule has 3 heterocycles. The van der Waals surface area contributed by atoms with Gasteiger partial charge in [-0.2, -0.15) is 0 Å². The molecule has 2 fully saturated rings. The third-order valence-electron chi connectivity index (χ3n) is 5.71. The van der Waals surface area contributed by atoms with Gasteiger partial charge in [-0.3, -0.25) is 9.80 Å². The van der Waals surface area contributed by atoms with Crippen molar-refractivity contribution in [2.75, 3.05) is 52.7 Å². The summed E-state index contributed by atoms with van der Waals surface area (Å²) in [5, 5.41) is 0. The van der Waals surface area contributed by atoms with Gasteiger partial charge in [0, 0.05) is 50.9 Å². The zero-order valence-corrected chi connectivity index (χ0v) is 16.1. The number of piperazine rings is 1. The summed E-state index contributed by atoms with van der Waals surface area (Å²) < 4.78 is 16.3. The lowest BCUT2D eigenvalue weighted by Crippen LogP contribution is -2.55. The van der Waals surface area contributed by atoms with Crippen LogP contribution in [0.4, 0.5) is 4.79 Å². The molecule has 2 saturated heterocycles. The van der Waals surface area contributed by atoms with Gasteiger partial charge in [-0.05, 0) is 32.4 Å². The van der Waals surface area contributed by atoms with E-state index in [2.05, 4.69) is 15.9 Å². The van der Waals surface area contributed by atoms with Gasteiger partial charge in [-0.1, -0.05) is 12.1 Å². The maximum atomic E-state index is 11.9. The number of ether oxygens (including phenoxy) is 3. The van der Waals surface area contributed by atoms with Crippen LogP contribution in [-0.2, 0) is 11.3 Å². The third kappa shape index (κ3) is 4.14. The summed E-state index contributed by atoms with van der Waals surface area (Å²) in [5.74, 6) is 1.76. The molecule has 1 aromatic rings. The number of piperidine rings is 1. The number of hydrogen-bond acceptors (Lipinski definition) is 6. The van der Waals surface area contributed by atoms with Crippen LogP contribution in [0.2, 0.25) is 0 Å². The van der Waals surface area contributed by atoms with Crippen molar-refractivity contribution in [1.82, 2.24) is 14.7 Å². The Morgan fingerprint density at radius 1 is 1.19 bits per heavy atom. The second-order valence-electron chi connectivity index (χ2n) is 7.40. The minimum absolute atomic E-state index is 0.178. The number of carbonyl (C=O) groups is 1. The van der Waals surface area contributed by atoms with Gasteiger partial charge in [0.15, 0.2) is 11.5 Å². The minimum atomic E-state index is -0.178. The molecule has 1 atom stereocenters. The monoisotopic (exact) mass is 375 g/mol. The second kappa shape index (κ2) is 8.35. The van der Waals surface area contributed by atoms with Gasteiger partial charge < -0.3 is 19.1 Å². The first-order chi connectivity index (χ1) is 13.2. The maximum absolute atomic E-state index is 11.9. The van der Waals surface area contributed by atoms with E-state index in [1.54, 1.807) is 0 Å². The predicted molar refractivity (Wildman–Crippen MR) is 101 cm³/mol. The maximum Gasteiger partial charge on any atom is 0.409 e. The van der Waals surface area contributed by atoms with E-state index in [0.717, 1.165) is 57.3 Å². The number of carbonyl (C=O) groups excluding carboxylic acids is 1. The van der Waals surface area contributed by atoms with E-state index in [-0.39, 0.29) is 6.09 Å². The van der Waals surface area contributed by atoms with Crippen molar-refractivity contribution in [3.8, 4) is 11.5 Å². The van der Waals surface area contributed by atoms with Crippen molar-refractivity contribution in [3.63, 3.8) is 0 Å². The molecule has 148 valence electrons. The molecule has 7 nitrogen and oxygen atoms in total. The number of likely N-dealkylation sites (tertiary alicyclic amines) is 1. The first kappa shape index (κ1) is 18.4. The Hall–Kier alpha value is -1.99. The normalized spacial score (nSPS) is 23.4. The highest BCUT2D eigenvalue weighted by Gasteiger charge is 2.30. The Balaban J connectivity index is 1.31. The standard InChI is InChI=1S/C20H29N3O4/c1-2-25-20(24)23-11-9-22(10-12-23)17-6-4-8-21(14-17)13-16-5-3-7-18-19(16)27-15-26-18/h3,5,7,17H,2,4,6,8-15H2,1H3.